The summed E-state index contributed by atoms with van der Waals surface area (Å²) in [7, 11) is 0. The zero-order valence-electron chi connectivity index (χ0n) is 12.1. The van der Waals surface area contributed by atoms with Crippen molar-refractivity contribution in [3.05, 3.63) is 22.5 Å². The summed E-state index contributed by atoms with van der Waals surface area (Å²) in [6.07, 6.45) is 2.03. The van der Waals surface area contributed by atoms with Crippen LogP contribution in [0.1, 0.15) is 27.7 Å². The van der Waals surface area contributed by atoms with Crippen molar-refractivity contribution < 1.29 is 10.0 Å². The lowest BCUT2D eigenvalue weighted by atomic mass is 9.89. The molecule has 0 saturated carbocycles. The van der Waals surface area contributed by atoms with E-state index in [1.54, 1.807) is 0 Å². The van der Waals surface area contributed by atoms with Gasteiger partial charge in [-0.2, -0.15) is 0 Å². The molecule has 20 heavy (non-hydrogen) atoms. The summed E-state index contributed by atoms with van der Waals surface area (Å²) in [5.74, 6) is -0.277. The molecule has 0 fully saturated rings. The van der Waals surface area contributed by atoms with Crippen LogP contribution in [0.15, 0.2) is 12.4 Å². The summed E-state index contributed by atoms with van der Waals surface area (Å²) < 4.78 is 1.31. The lowest BCUT2D eigenvalue weighted by molar-refractivity contribution is -0.397. The summed E-state index contributed by atoms with van der Waals surface area (Å²) in [5, 5.41) is 23.9. The van der Waals surface area contributed by atoms with E-state index < -0.39 is 21.4 Å². The van der Waals surface area contributed by atoms with Crippen molar-refractivity contribution in [1.29, 1.82) is 0 Å². The molecule has 1 aromatic rings. The van der Waals surface area contributed by atoms with Crippen LogP contribution in [-0.4, -0.2) is 42.6 Å². The Hall–Kier alpha value is -1.18. The van der Waals surface area contributed by atoms with Crippen LogP contribution in [0.2, 0.25) is 0 Å². The quantitative estimate of drug-likeness (QED) is 0.453. The Morgan fingerprint density at radius 1 is 1.55 bits per heavy atom. The Balaban J connectivity index is 2.59. The normalized spacial score (nSPS) is 14.3. The number of alkyl halides is 1. The third-order valence-electron chi connectivity index (χ3n) is 3.53. The van der Waals surface area contributed by atoms with Crippen LogP contribution < -0.4 is 5.32 Å². The highest BCUT2D eigenvalue weighted by Crippen LogP contribution is 2.27. The summed E-state index contributed by atoms with van der Waals surface area (Å²) in [6.45, 7) is 8.02. The number of hydrogen-bond donors (Lipinski definition) is 2. The van der Waals surface area contributed by atoms with Gasteiger partial charge in [-0.3, -0.25) is 0 Å². The van der Waals surface area contributed by atoms with Gasteiger partial charge in [0.15, 0.2) is 0 Å². The third kappa shape index (κ3) is 4.16. The lowest BCUT2D eigenvalue weighted by Gasteiger charge is -2.38. The van der Waals surface area contributed by atoms with Gasteiger partial charge in [-0.15, -0.1) is 11.6 Å². The van der Waals surface area contributed by atoms with Crippen LogP contribution >= 0.6 is 11.6 Å². The van der Waals surface area contributed by atoms with Crippen LogP contribution in [0.4, 0.5) is 5.95 Å². The lowest BCUT2D eigenvalue weighted by Crippen LogP contribution is -2.55. The molecule has 0 saturated heterocycles. The molecule has 0 amide bonds. The number of nitrogens with one attached hydrogen (secondary N) is 1. The monoisotopic (exact) mass is 304 g/mol. The molecule has 114 valence electrons. The number of aliphatic hydroxyl groups is 1. The molecule has 0 aliphatic heterocycles. The second-order valence-electron chi connectivity index (χ2n) is 5.77. The second-order valence-corrected chi connectivity index (χ2v) is 6.71. The molecule has 0 aromatic carbocycles. The average molecular weight is 305 g/mol. The Morgan fingerprint density at radius 2 is 2.15 bits per heavy atom. The predicted molar refractivity (Wildman–Crippen MR) is 76.9 cm³/mol. The first kappa shape index (κ1) is 16.9. The van der Waals surface area contributed by atoms with E-state index in [0.717, 1.165) is 0 Å². The van der Waals surface area contributed by atoms with E-state index in [9.17, 15) is 15.2 Å². The van der Waals surface area contributed by atoms with Crippen LogP contribution in [0.3, 0.4) is 0 Å². The van der Waals surface area contributed by atoms with Gasteiger partial charge in [-0.25, -0.2) is 4.57 Å². The standard InChI is InChI=1S/C12H21ClN4O3/c1-11(2,13)12(3,4)15-7-9(18)8-16-6-5-14-10(16)17(19)20/h5-6,9,15,18H,7-8H2,1-4H3. The first-order chi connectivity index (χ1) is 9.04. The molecular weight excluding hydrogens is 284 g/mol. The van der Waals surface area contributed by atoms with Gasteiger partial charge in [0.1, 0.15) is 12.4 Å². The second kappa shape index (κ2) is 6.07. The molecule has 0 aliphatic rings. The Labute approximate surface area is 123 Å². The summed E-state index contributed by atoms with van der Waals surface area (Å²) in [5.41, 5.74) is -0.392. The van der Waals surface area contributed by atoms with Crippen LogP contribution in [0.5, 0.6) is 0 Å². The van der Waals surface area contributed by atoms with E-state index in [1.165, 1.54) is 17.0 Å². The van der Waals surface area contributed by atoms with Crippen LogP contribution in [0.25, 0.3) is 0 Å². The highest BCUT2D eigenvalue weighted by molar-refractivity contribution is 6.24. The third-order valence-corrected chi connectivity index (χ3v) is 4.00. The minimum absolute atomic E-state index is 0.0993. The molecule has 1 unspecified atom stereocenters. The maximum atomic E-state index is 10.7. The molecule has 0 bridgehead atoms. The molecule has 1 rings (SSSR count). The summed E-state index contributed by atoms with van der Waals surface area (Å²) in [6, 6.07) is 0. The van der Waals surface area contributed by atoms with Crippen molar-refractivity contribution >= 4 is 17.5 Å². The van der Waals surface area contributed by atoms with Crippen LogP contribution in [-0.2, 0) is 6.54 Å². The molecular formula is C12H21ClN4O3. The number of aromatic nitrogens is 2. The maximum Gasteiger partial charge on any atom is 0.434 e. The van der Waals surface area contributed by atoms with Gasteiger partial charge in [-0.1, -0.05) is 4.98 Å². The zero-order chi connectivity index (χ0) is 15.6. The SMILES string of the molecule is CC(C)(Cl)C(C)(C)NCC(O)Cn1ccnc1[N+](=O)[O-]. The van der Waals surface area contributed by atoms with Gasteiger partial charge in [0, 0.05) is 12.1 Å². The molecule has 0 aliphatic carbocycles. The molecule has 1 aromatic heterocycles. The van der Waals surface area contributed by atoms with Crippen molar-refractivity contribution in [3.63, 3.8) is 0 Å². The van der Waals surface area contributed by atoms with Gasteiger partial charge >= 0.3 is 5.95 Å². The number of β-amino-alcohol motifs (C(OH)–C–C–N with tert-alkyl or cyclic N) is 1. The Kier molecular flexibility index (Phi) is 5.12. The van der Waals surface area contributed by atoms with Crippen molar-refractivity contribution in [2.75, 3.05) is 6.54 Å². The minimum Gasteiger partial charge on any atom is -0.390 e. The van der Waals surface area contributed by atoms with Gasteiger partial charge in [-0.05, 0) is 32.6 Å². The number of imidazole rings is 1. The van der Waals surface area contributed by atoms with Crippen molar-refractivity contribution in [3.8, 4) is 0 Å². The fourth-order valence-electron chi connectivity index (χ4n) is 1.49. The van der Waals surface area contributed by atoms with Crippen molar-refractivity contribution in [2.24, 2.45) is 0 Å². The molecule has 0 spiro atoms. The Bertz CT molecular complexity index is 468. The van der Waals surface area contributed by atoms with E-state index in [4.69, 9.17) is 11.6 Å². The number of halogens is 1. The van der Waals surface area contributed by atoms with E-state index in [2.05, 4.69) is 10.3 Å². The van der Waals surface area contributed by atoms with E-state index in [1.807, 2.05) is 27.7 Å². The van der Waals surface area contributed by atoms with Gasteiger partial charge < -0.3 is 20.5 Å². The van der Waals surface area contributed by atoms with Crippen molar-refractivity contribution in [1.82, 2.24) is 14.9 Å². The smallest absolute Gasteiger partial charge is 0.390 e. The van der Waals surface area contributed by atoms with Gasteiger partial charge in [0.05, 0.1) is 17.5 Å². The number of rotatable bonds is 7. The fourth-order valence-corrected chi connectivity index (χ4v) is 1.56. The maximum absolute atomic E-state index is 10.7. The molecule has 1 atom stereocenters. The number of hydrogen-bond acceptors (Lipinski definition) is 5. The van der Waals surface area contributed by atoms with Crippen molar-refractivity contribution in [2.45, 2.75) is 50.8 Å². The fraction of sp³-hybridized carbons (Fsp3) is 0.750. The molecule has 2 N–H and O–H groups in total. The largest absolute Gasteiger partial charge is 0.434 e. The topological polar surface area (TPSA) is 93.2 Å². The summed E-state index contributed by atoms with van der Waals surface area (Å²) >= 11 is 6.27. The first-order valence-corrected chi connectivity index (χ1v) is 6.70. The zero-order valence-corrected chi connectivity index (χ0v) is 12.9. The van der Waals surface area contributed by atoms with E-state index in [-0.39, 0.29) is 19.0 Å². The van der Waals surface area contributed by atoms with Crippen LogP contribution in [0, 0.1) is 10.1 Å². The van der Waals surface area contributed by atoms with Gasteiger partial charge in [0.2, 0.25) is 0 Å². The number of aliphatic hydroxyl groups excluding tert-OH is 1. The average Bonchev–Trinajstić information content (AvgIpc) is 2.73. The highest BCUT2D eigenvalue weighted by Gasteiger charge is 2.35. The Morgan fingerprint density at radius 3 is 2.65 bits per heavy atom. The highest BCUT2D eigenvalue weighted by atomic mass is 35.5. The first-order valence-electron chi connectivity index (χ1n) is 6.32. The minimum atomic E-state index is -0.777. The molecule has 1 heterocycles. The van der Waals surface area contributed by atoms with E-state index in [0.29, 0.717) is 0 Å². The molecule has 8 heteroatoms. The predicted octanol–water partition coefficient (Wildman–Crippen LogP) is 1.54. The van der Waals surface area contributed by atoms with E-state index >= 15 is 0 Å². The molecule has 0 radical (unpaired) electrons. The molecule has 7 nitrogen and oxygen atoms in total. The number of nitro groups is 1. The summed E-state index contributed by atoms with van der Waals surface area (Å²) in [4.78, 5) is 13.3. The van der Waals surface area contributed by atoms with Gasteiger partial charge in [0.25, 0.3) is 0 Å². The number of nitrogens with zero attached hydrogens (tertiary/aromatic N) is 3.